The molecule has 0 spiro atoms. The second-order valence-electron chi connectivity index (χ2n) is 5.72. The maximum atomic E-state index is 2.36. The van der Waals surface area contributed by atoms with E-state index in [1.165, 1.54) is 30.6 Å². The highest BCUT2D eigenvalue weighted by molar-refractivity contribution is 8.00. The summed E-state index contributed by atoms with van der Waals surface area (Å²) in [6.07, 6.45) is 5.55. The van der Waals surface area contributed by atoms with Crippen molar-refractivity contribution < 1.29 is 0 Å². The summed E-state index contributed by atoms with van der Waals surface area (Å²) in [5.74, 6) is 1.73. The maximum absolute atomic E-state index is 2.36. The van der Waals surface area contributed by atoms with Gasteiger partial charge in [-0.05, 0) is 43.2 Å². The standard InChI is InChI=1S/C16H24S/c1-4-14-10-11-16(14,12-13(2)3)17-15-8-6-5-7-9-15/h5-9,13-14H,4,10-12H2,1-3H3. The molecule has 0 radical (unpaired) electrons. The van der Waals surface area contributed by atoms with E-state index in [0.717, 1.165) is 11.8 Å². The molecule has 0 nitrogen and oxygen atoms in total. The maximum Gasteiger partial charge on any atom is 0.0237 e. The summed E-state index contributed by atoms with van der Waals surface area (Å²) in [4.78, 5) is 1.45. The fraction of sp³-hybridized carbons (Fsp3) is 0.625. The largest absolute Gasteiger partial charge is 0.119 e. The molecule has 2 atom stereocenters. The molecule has 2 rings (SSSR count). The van der Waals surface area contributed by atoms with E-state index < -0.39 is 0 Å². The lowest BCUT2D eigenvalue weighted by Gasteiger charge is -2.50. The Labute approximate surface area is 110 Å². The van der Waals surface area contributed by atoms with Gasteiger partial charge in [-0.2, -0.15) is 0 Å². The van der Waals surface area contributed by atoms with Gasteiger partial charge < -0.3 is 0 Å². The van der Waals surface area contributed by atoms with Gasteiger partial charge >= 0.3 is 0 Å². The van der Waals surface area contributed by atoms with Gasteiger partial charge in [0.25, 0.3) is 0 Å². The normalized spacial score (nSPS) is 28.1. The third-order valence-corrected chi connectivity index (χ3v) is 5.59. The van der Waals surface area contributed by atoms with Crippen LogP contribution in [0.4, 0.5) is 0 Å². The number of hydrogen-bond acceptors (Lipinski definition) is 1. The molecule has 17 heavy (non-hydrogen) atoms. The van der Waals surface area contributed by atoms with E-state index in [4.69, 9.17) is 0 Å². The molecule has 1 aromatic rings. The van der Waals surface area contributed by atoms with Crippen LogP contribution in [0, 0.1) is 11.8 Å². The number of thioether (sulfide) groups is 1. The smallest absolute Gasteiger partial charge is 0.0237 e. The van der Waals surface area contributed by atoms with E-state index in [-0.39, 0.29) is 0 Å². The Hall–Kier alpha value is -0.430. The summed E-state index contributed by atoms with van der Waals surface area (Å²) >= 11 is 2.14. The molecule has 0 saturated heterocycles. The van der Waals surface area contributed by atoms with Crippen LogP contribution in [0.3, 0.4) is 0 Å². The molecule has 0 bridgehead atoms. The van der Waals surface area contributed by atoms with Gasteiger partial charge in [-0.15, -0.1) is 11.8 Å². The zero-order valence-corrected chi connectivity index (χ0v) is 12.1. The summed E-state index contributed by atoms with van der Waals surface area (Å²) in [7, 11) is 0. The lowest BCUT2D eigenvalue weighted by atomic mass is 9.68. The van der Waals surface area contributed by atoms with Crippen molar-refractivity contribution in [2.75, 3.05) is 0 Å². The molecular weight excluding hydrogens is 224 g/mol. The first kappa shape index (κ1) is 13.0. The van der Waals surface area contributed by atoms with Crippen molar-refractivity contribution in [2.45, 2.75) is 56.1 Å². The van der Waals surface area contributed by atoms with Crippen molar-refractivity contribution in [1.29, 1.82) is 0 Å². The molecule has 94 valence electrons. The first-order valence-electron chi connectivity index (χ1n) is 6.90. The molecular formula is C16H24S. The van der Waals surface area contributed by atoms with Crippen molar-refractivity contribution in [1.82, 2.24) is 0 Å². The fourth-order valence-electron chi connectivity index (χ4n) is 3.11. The van der Waals surface area contributed by atoms with Crippen LogP contribution in [0.15, 0.2) is 35.2 Å². The Bertz CT molecular complexity index is 342. The minimum absolute atomic E-state index is 0.532. The van der Waals surface area contributed by atoms with Crippen LogP contribution >= 0.6 is 11.8 Å². The molecule has 0 aliphatic heterocycles. The van der Waals surface area contributed by atoms with Crippen LogP contribution in [0.25, 0.3) is 0 Å². The summed E-state index contributed by atoms with van der Waals surface area (Å²) < 4.78 is 0.532. The summed E-state index contributed by atoms with van der Waals surface area (Å²) in [5.41, 5.74) is 0. The minimum atomic E-state index is 0.532. The summed E-state index contributed by atoms with van der Waals surface area (Å²) in [5, 5.41) is 0. The van der Waals surface area contributed by atoms with E-state index >= 15 is 0 Å². The molecule has 1 saturated carbocycles. The van der Waals surface area contributed by atoms with Gasteiger partial charge in [-0.3, -0.25) is 0 Å². The Balaban J connectivity index is 2.12. The molecule has 1 heteroatoms. The number of rotatable bonds is 5. The fourth-order valence-corrected chi connectivity index (χ4v) is 4.96. The summed E-state index contributed by atoms with van der Waals surface area (Å²) in [6.45, 7) is 7.07. The van der Waals surface area contributed by atoms with Crippen molar-refractivity contribution in [3.63, 3.8) is 0 Å². The average molecular weight is 248 g/mol. The van der Waals surface area contributed by atoms with Gasteiger partial charge in [0.15, 0.2) is 0 Å². The van der Waals surface area contributed by atoms with Gasteiger partial charge in [0.2, 0.25) is 0 Å². The van der Waals surface area contributed by atoms with Gasteiger partial charge in [-0.1, -0.05) is 45.4 Å². The third-order valence-electron chi connectivity index (χ3n) is 3.97. The van der Waals surface area contributed by atoms with Crippen LogP contribution in [0.5, 0.6) is 0 Å². The summed E-state index contributed by atoms with van der Waals surface area (Å²) in [6, 6.07) is 10.9. The van der Waals surface area contributed by atoms with Gasteiger partial charge in [-0.25, -0.2) is 0 Å². The second kappa shape index (κ2) is 5.48. The minimum Gasteiger partial charge on any atom is -0.119 e. The topological polar surface area (TPSA) is 0 Å². The molecule has 2 unspecified atom stereocenters. The quantitative estimate of drug-likeness (QED) is 0.674. The van der Waals surface area contributed by atoms with E-state index in [9.17, 15) is 0 Å². The highest BCUT2D eigenvalue weighted by Crippen LogP contribution is 2.56. The Morgan fingerprint density at radius 1 is 1.29 bits per heavy atom. The zero-order chi connectivity index (χ0) is 12.3. The molecule has 0 aromatic heterocycles. The van der Waals surface area contributed by atoms with Crippen LogP contribution in [-0.4, -0.2) is 4.75 Å². The van der Waals surface area contributed by atoms with E-state index in [1.807, 2.05) is 0 Å². The predicted octanol–water partition coefficient (Wildman–Crippen LogP) is 5.38. The second-order valence-corrected chi connectivity index (χ2v) is 7.21. The monoisotopic (exact) mass is 248 g/mol. The van der Waals surface area contributed by atoms with Crippen molar-refractivity contribution in [3.05, 3.63) is 30.3 Å². The van der Waals surface area contributed by atoms with Gasteiger partial charge in [0.1, 0.15) is 0 Å². The highest BCUT2D eigenvalue weighted by atomic mass is 32.2. The molecule has 1 fully saturated rings. The van der Waals surface area contributed by atoms with Crippen LogP contribution in [0.1, 0.15) is 46.5 Å². The van der Waals surface area contributed by atoms with Crippen LogP contribution < -0.4 is 0 Å². The van der Waals surface area contributed by atoms with Crippen molar-refractivity contribution in [3.8, 4) is 0 Å². The van der Waals surface area contributed by atoms with E-state index in [2.05, 4.69) is 62.9 Å². The molecule has 0 N–H and O–H groups in total. The Morgan fingerprint density at radius 3 is 2.47 bits per heavy atom. The Kier molecular flexibility index (Phi) is 4.19. The predicted molar refractivity (Wildman–Crippen MR) is 77.5 cm³/mol. The van der Waals surface area contributed by atoms with Gasteiger partial charge in [0, 0.05) is 9.64 Å². The Morgan fingerprint density at radius 2 is 2.00 bits per heavy atom. The molecule has 1 aromatic carbocycles. The number of hydrogen-bond donors (Lipinski definition) is 0. The first-order valence-corrected chi connectivity index (χ1v) is 7.72. The van der Waals surface area contributed by atoms with Gasteiger partial charge in [0.05, 0.1) is 0 Å². The molecule has 0 heterocycles. The molecule has 0 amide bonds. The van der Waals surface area contributed by atoms with Crippen LogP contribution in [-0.2, 0) is 0 Å². The lowest BCUT2D eigenvalue weighted by molar-refractivity contribution is 0.180. The average Bonchev–Trinajstić information content (AvgIpc) is 2.28. The highest BCUT2D eigenvalue weighted by Gasteiger charge is 2.46. The molecule has 1 aliphatic carbocycles. The van der Waals surface area contributed by atoms with Crippen molar-refractivity contribution in [2.24, 2.45) is 11.8 Å². The van der Waals surface area contributed by atoms with Crippen molar-refractivity contribution >= 4 is 11.8 Å². The number of benzene rings is 1. The first-order chi connectivity index (χ1) is 8.16. The van der Waals surface area contributed by atoms with Crippen LogP contribution in [0.2, 0.25) is 0 Å². The lowest BCUT2D eigenvalue weighted by Crippen LogP contribution is -2.44. The zero-order valence-electron chi connectivity index (χ0n) is 11.3. The third kappa shape index (κ3) is 2.88. The van der Waals surface area contributed by atoms with E-state index in [1.54, 1.807) is 0 Å². The van der Waals surface area contributed by atoms with E-state index in [0.29, 0.717) is 4.75 Å². The molecule has 1 aliphatic rings. The SMILES string of the molecule is CCC1CCC1(CC(C)C)Sc1ccccc1.